The maximum absolute atomic E-state index is 12.6. The van der Waals surface area contributed by atoms with Gasteiger partial charge in [0.25, 0.3) is 5.69 Å². The minimum Gasteiger partial charge on any atom is -1.00 e. The summed E-state index contributed by atoms with van der Waals surface area (Å²) in [6, 6.07) is 2.79. The lowest BCUT2D eigenvalue weighted by Gasteiger charge is -2.33. The fourth-order valence-corrected chi connectivity index (χ4v) is 2.26. The standard InChI is InChI=1S/C12H14F3N3O2.ClH/c1-8-7-17(5-4-16-8)10-3-2-9(12(13,14)15)6-11(10)18(19)20;/h2-3,6,8,16H,4-5,7H2,1H3;1H/p-1. The molecular weight excluding hydrogens is 311 g/mol. The number of benzene rings is 1. The van der Waals surface area contributed by atoms with Crippen molar-refractivity contribution >= 4 is 11.4 Å². The van der Waals surface area contributed by atoms with Gasteiger partial charge in [-0.25, -0.2) is 0 Å². The van der Waals surface area contributed by atoms with E-state index >= 15 is 0 Å². The van der Waals surface area contributed by atoms with E-state index in [1.54, 1.807) is 4.90 Å². The van der Waals surface area contributed by atoms with Gasteiger partial charge in [-0.05, 0) is 19.1 Å². The maximum Gasteiger partial charge on any atom is 0.416 e. The Morgan fingerprint density at radius 2 is 2.10 bits per heavy atom. The molecule has 1 heterocycles. The summed E-state index contributed by atoms with van der Waals surface area (Å²) in [6.07, 6.45) is -4.58. The molecule has 0 aromatic heterocycles. The summed E-state index contributed by atoms with van der Waals surface area (Å²) in [5.74, 6) is 0. The quantitative estimate of drug-likeness (QED) is 0.584. The molecule has 1 fully saturated rings. The van der Waals surface area contributed by atoms with E-state index in [2.05, 4.69) is 5.32 Å². The first kappa shape index (κ1) is 17.5. The second kappa shape index (κ2) is 6.48. The first-order valence-electron chi connectivity index (χ1n) is 6.13. The largest absolute Gasteiger partial charge is 1.00 e. The van der Waals surface area contributed by atoms with Crippen LogP contribution in [-0.4, -0.2) is 30.6 Å². The Morgan fingerprint density at radius 3 is 2.62 bits per heavy atom. The fourth-order valence-electron chi connectivity index (χ4n) is 2.26. The average Bonchev–Trinajstić information content (AvgIpc) is 2.37. The molecule has 9 heteroatoms. The molecule has 1 aromatic carbocycles. The molecule has 0 amide bonds. The normalized spacial score (nSPS) is 19.0. The first-order chi connectivity index (χ1) is 9.29. The summed E-state index contributed by atoms with van der Waals surface area (Å²) in [6.45, 7) is 3.60. The number of alkyl halides is 3. The van der Waals surface area contributed by atoms with Crippen LogP contribution in [0.2, 0.25) is 0 Å². The molecule has 0 aliphatic carbocycles. The van der Waals surface area contributed by atoms with Crippen molar-refractivity contribution in [3.8, 4) is 0 Å². The molecule has 1 saturated heterocycles. The molecule has 1 aliphatic rings. The van der Waals surface area contributed by atoms with E-state index in [-0.39, 0.29) is 24.1 Å². The number of piperazine rings is 1. The minimum atomic E-state index is -4.58. The van der Waals surface area contributed by atoms with Gasteiger partial charge in [0, 0.05) is 31.7 Å². The van der Waals surface area contributed by atoms with Crippen LogP contribution in [0.3, 0.4) is 0 Å². The van der Waals surface area contributed by atoms with Gasteiger partial charge in [0.1, 0.15) is 5.69 Å². The lowest BCUT2D eigenvalue weighted by molar-refractivity contribution is -0.384. The number of anilines is 1. The van der Waals surface area contributed by atoms with Crippen LogP contribution >= 0.6 is 0 Å². The molecule has 21 heavy (non-hydrogen) atoms. The Kier molecular flexibility index (Phi) is 5.41. The van der Waals surface area contributed by atoms with Crippen LogP contribution in [0.15, 0.2) is 18.2 Å². The predicted molar refractivity (Wildman–Crippen MR) is 67.8 cm³/mol. The summed E-state index contributed by atoms with van der Waals surface area (Å²) < 4.78 is 37.9. The molecule has 5 nitrogen and oxygen atoms in total. The van der Waals surface area contributed by atoms with Gasteiger partial charge in [-0.3, -0.25) is 10.1 Å². The van der Waals surface area contributed by atoms with Crippen molar-refractivity contribution in [1.82, 2.24) is 5.32 Å². The summed E-state index contributed by atoms with van der Waals surface area (Å²) in [5, 5.41) is 14.2. The van der Waals surface area contributed by atoms with Crippen molar-refractivity contribution in [2.24, 2.45) is 0 Å². The molecule has 0 radical (unpaired) electrons. The Balaban J connectivity index is 0.00000220. The highest BCUT2D eigenvalue weighted by Gasteiger charge is 2.34. The van der Waals surface area contributed by atoms with Crippen LogP contribution in [0.5, 0.6) is 0 Å². The second-order valence-corrected chi connectivity index (χ2v) is 4.76. The number of hydrogen-bond acceptors (Lipinski definition) is 4. The van der Waals surface area contributed by atoms with Crippen LogP contribution in [0.4, 0.5) is 24.5 Å². The van der Waals surface area contributed by atoms with Gasteiger partial charge in [-0.1, -0.05) is 0 Å². The Hall–Kier alpha value is -1.54. The van der Waals surface area contributed by atoms with Gasteiger partial charge >= 0.3 is 6.18 Å². The average molecular weight is 325 g/mol. The smallest absolute Gasteiger partial charge is 0.416 e. The number of halogens is 4. The highest BCUT2D eigenvalue weighted by Crippen LogP contribution is 2.36. The zero-order valence-corrected chi connectivity index (χ0v) is 11.9. The third kappa shape index (κ3) is 3.98. The van der Waals surface area contributed by atoms with Crippen LogP contribution in [-0.2, 0) is 6.18 Å². The van der Waals surface area contributed by atoms with E-state index in [9.17, 15) is 23.3 Å². The number of nitro groups is 1. The summed E-state index contributed by atoms with van der Waals surface area (Å²) >= 11 is 0. The van der Waals surface area contributed by atoms with E-state index in [4.69, 9.17) is 0 Å². The van der Waals surface area contributed by atoms with Crippen LogP contribution in [0, 0.1) is 10.1 Å². The molecule has 2 rings (SSSR count). The third-order valence-electron chi connectivity index (χ3n) is 3.21. The molecule has 1 N–H and O–H groups in total. The van der Waals surface area contributed by atoms with E-state index in [0.29, 0.717) is 25.7 Å². The van der Waals surface area contributed by atoms with Crippen LogP contribution in [0.25, 0.3) is 0 Å². The maximum atomic E-state index is 12.6. The molecule has 1 unspecified atom stereocenters. The Bertz CT molecular complexity index is 525. The Labute approximate surface area is 125 Å². The highest BCUT2D eigenvalue weighted by atomic mass is 35.5. The first-order valence-corrected chi connectivity index (χ1v) is 6.13. The van der Waals surface area contributed by atoms with Crippen molar-refractivity contribution in [1.29, 1.82) is 0 Å². The van der Waals surface area contributed by atoms with Crippen LogP contribution in [0.1, 0.15) is 12.5 Å². The summed E-state index contributed by atoms with van der Waals surface area (Å²) in [5.41, 5.74) is -1.28. The topological polar surface area (TPSA) is 58.4 Å². The molecule has 1 aromatic rings. The van der Waals surface area contributed by atoms with Crippen molar-refractivity contribution in [3.05, 3.63) is 33.9 Å². The van der Waals surface area contributed by atoms with Crippen molar-refractivity contribution in [2.45, 2.75) is 19.1 Å². The van der Waals surface area contributed by atoms with Crippen molar-refractivity contribution in [3.63, 3.8) is 0 Å². The molecular formula is C12H14ClF3N3O2-. The van der Waals surface area contributed by atoms with Gasteiger partial charge in [0.2, 0.25) is 0 Å². The van der Waals surface area contributed by atoms with Crippen molar-refractivity contribution < 1.29 is 30.5 Å². The zero-order valence-electron chi connectivity index (χ0n) is 11.2. The van der Waals surface area contributed by atoms with Crippen LogP contribution < -0.4 is 22.6 Å². The van der Waals surface area contributed by atoms with E-state index in [1.165, 1.54) is 6.07 Å². The lowest BCUT2D eigenvalue weighted by atomic mass is 10.1. The zero-order chi connectivity index (χ0) is 14.9. The number of nitrogens with one attached hydrogen (secondary N) is 1. The molecule has 1 aliphatic heterocycles. The lowest BCUT2D eigenvalue weighted by Crippen LogP contribution is -3.00. The predicted octanol–water partition coefficient (Wildman–Crippen LogP) is -0.584. The molecule has 0 bridgehead atoms. The van der Waals surface area contributed by atoms with E-state index < -0.39 is 22.4 Å². The number of hydrogen-bond donors (Lipinski definition) is 1. The fraction of sp³-hybridized carbons (Fsp3) is 0.500. The van der Waals surface area contributed by atoms with E-state index in [1.807, 2.05) is 6.92 Å². The monoisotopic (exact) mass is 324 g/mol. The number of rotatable bonds is 2. The highest BCUT2D eigenvalue weighted by molar-refractivity contribution is 5.65. The SMILES string of the molecule is CC1CN(c2ccc(C(F)(F)F)cc2[N+](=O)[O-])CCN1.[Cl-]. The van der Waals surface area contributed by atoms with Gasteiger partial charge in [-0.2, -0.15) is 13.2 Å². The minimum absolute atomic E-state index is 0. The number of nitrogens with zero attached hydrogens (tertiary/aromatic N) is 2. The Morgan fingerprint density at radius 1 is 1.43 bits per heavy atom. The van der Waals surface area contributed by atoms with Crippen molar-refractivity contribution in [2.75, 3.05) is 24.5 Å². The molecule has 1 atom stereocenters. The molecule has 0 saturated carbocycles. The second-order valence-electron chi connectivity index (χ2n) is 4.76. The van der Waals surface area contributed by atoms with Gasteiger partial charge in [-0.15, -0.1) is 0 Å². The summed E-state index contributed by atoms with van der Waals surface area (Å²) in [7, 11) is 0. The molecule has 118 valence electrons. The van der Waals surface area contributed by atoms with Gasteiger partial charge in [0.05, 0.1) is 10.5 Å². The van der Waals surface area contributed by atoms with E-state index in [0.717, 1.165) is 6.07 Å². The third-order valence-corrected chi connectivity index (χ3v) is 3.21. The number of nitro benzene ring substituents is 1. The molecule has 0 spiro atoms. The summed E-state index contributed by atoms with van der Waals surface area (Å²) in [4.78, 5) is 12.0. The van der Waals surface area contributed by atoms with Gasteiger partial charge < -0.3 is 22.6 Å². The van der Waals surface area contributed by atoms with Gasteiger partial charge in [0.15, 0.2) is 0 Å².